The molecule has 0 fully saturated rings. The SMILES string of the molecule is Cc1ccc(C2=C(Nc3ccc(C)cc3C)C(=O)N(CCc3ccc(F)cc3)C2=O)cc1. The second-order valence-electron chi connectivity index (χ2n) is 8.20. The van der Waals surface area contributed by atoms with E-state index in [4.69, 9.17) is 0 Å². The Morgan fingerprint density at radius 1 is 0.812 bits per heavy atom. The lowest BCUT2D eigenvalue weighted by atomic mass is 10.0. The number of hydrogen-bond donors (Lipinski definition) is 1. The minimum Gasteiger partial charge on any atom is -0.350 e. The van der Waals surface area contributed by atoms with E-state index in [1.54, 1.807) is 12.1 Å². The van der Waals surface area contributed by atoms with Gasteiger partial charge >= 0.3 is 0 Å². The van der Waals surface area contributed by atoms with Crippen LogP contribution < -0.4 is 5.32 Å². The number of carbonyl (C=O) groups is 2. The van der Waals surface area contributed by atoms with Gasteiger partial charge in [0.05, 0.1) is 5.57 Å². The van der Waals surface area contributed by atoms with Crippen molar-refractivity contribution in [2.75, 3.05) is 11.9 Å². The zero-order valence-electron chi connectivity index (χ0n) is 18.4. The second kappa shape index (κ2) is 8.79. The summed E-state index contributed by atoms with van der Waals surface area (Å²) in [6, 6.07) is 19.6. The molecule has 0 saturated carbocycles. The monoisotopic (exact) mass is 428 g/mol. The molecule has 162 valence electrons. The maximum absolute atomic E-state index is 13.4. The number of carbonyl (C=O) groups excluding carboxylic acids is 2. The molecular weight excluding hydrogens is 403 g/mol. The molecule has 1 aliphatic rings. The first-order valence-electron chi connectivity index (χ1n) is 10.6. The van der Waals surface area contributed by atoms with Crippen molar-refractivity contribution in [2.45, 2.75) is 27.2 Å². The molecule has 5 heteroatoms. The molecule has 1 heterocycles. The van der Waals surface area contributed by atoms with Gasteiger partial charge in [0, 0.05) is 12.2 Å². The molecule has 0 radical (unpaired) electrons. The summed E-state index contributed by atoms with van der Waals surface area (Å²) >= 11 is 0. The second-order valence-corrected chi connectivity index (χ2v) is 8.20. The van der Waals surface area contributed by atoms with Gasteiger partial charge in [0.15, 0.2) is 0 Å². The van der Waals surface area contributed by atoms with Crippen molar-refractivity contribution < 1.29 is 14.0 Å². The van der Waals surface area contributed by atoms with Crippen molar-refractivity contribution in [1.29, 1.82) is 0 Å². The van der Waals surface area contributed by atoms with Crippen molar-refractivity contribution in [3.8, 4) is 0 Å². The molecule has 0 spiro atoms. The van der Waals surface area contributed by atoms with Gasteiger partial charge in [-0.05, 0) is 62.1 Å². The summed E-state index contributed by atoms with van der Waals surface area (Å²) in [7, 11) is 0. The van der Waals surface area contributed by atoms with Crippen LogP contribution in [-0.2, 0) is 16.0 Å². The van der Waals surface area contributed by atoms with E-state index >= 15 is 0 Å². The van der Waals surface area contributed by atoms with Crippen molar-refractivity contribution in [3.05, 3.63) is 106 Å². The zero-order valence-corrected chi connectivity index (χ0v) is 18.4. The summed E-state index contributed by atoms with van der Waals surface area (Å²) in [5.74, 6) is -0.994. The molecule has 0 unspecified atom stereocenters. The third kappa shape index (κ3) is 4.33. The number of anilines is 1. The van der Waals surface area contributed by atoms with E-state index in [1.807, 2.05) is 63.2 Å². The molecule has 1 aliphatic heterocycles. The number of aryl methyl sites for hydroxylation is 3. The highest BCUT2D eigenvalue weighted by Crippen LogP contribution is 2.31. The average Bonchev–Trinajstić information content (AvgIpc) is 2.99. The number of rotatable bonds is 6. The van der Waals surface area contributed by atoms with Crippen LogP contribution in [0.3, 0.4) is 0 Å². The van der Waals surface area contributed by atoms with Crippen LogP contribution in [0.5, 0.6) is 0 Å². The number of hydrogen-bond acceptors (Lipinski definition) is 3. The Kier molecular flexibility index (Phi) is 5.91. The van der Waals surface area contributed by atoms with Gasteiger partial charge in [0.25, 0.3) is 11.8 Å². The molecule has 4 nitrogen and oxygen atoms in total. The Morgan fingerprint density at radius 3 is 2.12 bits per heavy atom. The Hall–Kier alpha value is -3.73. The topological polar surface area (TPSA) is 49.4 Å². The van der Waals surface area contributed by atoms with Gasteiger partial charge in [-0.25, -0.2) is 4.39 Å². The van der Waals surface area contributed by atoms with Crippen LogP contribution in [0.25, 0.3) is 5.57 Å². The average molecular weight is 429 g/mol. The van der Waals surface area contributed by atoms with Crippen LogP contribution in [-0.4, -0.2) is 23.3 Å². The highest BCUT2D eigenvalue weighted by molar-refractivity contribution is 6.36. The van der Waals surface area contributed by atoms with Crippen LogP contribution in [0.4, 0.5) is 10.1 Å². The van der Waals surface area contributed by atoms with Crippen LogP contribution in [0.2, 0.25) is 0 Å². The molecule has 0 aromatic heterocycles. The molecule has 1 N–H and O–H groups in total. The van der Waals surface area contributed by atoms with E-state index in [2.05, 4.69) is 5.32 Å². The molecular formula is C27H25FN2O2. The van der Waals surface area contributed by atoms with Crippen LogP contribution in [0.15, 0.2) is 72.4 Å². The van der Waals surface area contributed by atoms with Gasteiger partial charge in [-0.15, -0.1) is 0 Å². The molecule has 0 aliphatic carbocycles. The number of imide groups is 1. The van der Waals surface area contributed by atoms with Crippen LogP contribution >= 0.6 is 0 Å². The summed E-state index contributed by atoms with van der Waals surface area (Å²) in [6.45, 7) is 6.17. The van der Waals surface area contributed by atoms with E-state index < -0.39 is 0 Å². The molecule has 32 heavy (non-hydrogen) atoms. The van der Waals surface area contributed by atoms with E-state index in [0.29, 0.717) is 17.6 Å². The number of benzene rings is 3. The Morgan fingerprint density at radius 2 is 1.47 bits per heavy atom. The highest BCUT2D eigenvalue weighted by atomic mass is 19.1. The lowest BCUT2D eigenvalue weighted by molar-refractivity contribution is -0.136. The van der Waals surface area contributed by atoms with E-state index in [9.17, 15) is 14.0 Å². The summed E-state index contributed by atoms with van der Waals surface area (Å²) < 4.78 is 13.2. The molecule has 0 atom stereocenters. The van der Waals surface area contributed by atoms with Gasteiger partial charge in [0.1, 0.15) is 11.5 Å². The Bertz CT molecular complexity index is 1210. The largest absolute Gasteiger partial charge is 0.350 e. The number of halogens is 1. The van der Waals surface area contributed by atoms with Gasteiger partial charge in [0.2, 0.25) is 0 Å². The summed E-state index contributed by atoms with van der Waals surface area (Å²) in [6.07, 6.45) is 0.454. The van der Waals surface area contributed by atoms with Crippen molar-refractivity contribution in [3.63, 3.8) is 0 Å². The molecule has 3 aromatic rings. The number of nitrogens with zero attached hydrogens (tertiary/aromatic N) is 1. The standard InChI is InChI=1S/C27H25FN2O2/c1-17-4-9-21(10-5-17)24-25(29-23-13-6-18(2)16-19(23)3)27(32)30(26(24)31)15-14-20-7-11-22(28)12-8-20/h4-13,16,29H,14-15H2,1-3H3. The van der Waals surface area contributed by atoms with Crippen molar-refractivity contribution >= 4 is 23.1 Å². The maximum atomic E-state index is 13.4. The Labute approximate surface area is 187 Å². The minimum absolute atomic E-state index is 0.219. The van der Waals surface area contributed by atoms with E-state index in [1.165, 1.54) is 17.0 Å². The zero-order chi connectivity index (χ0) is 22.8. The van der Waals surface area contributed by atoms with E-state index in [0.717, 1.165) is 27.9 Å². The minimum atomic E-state index is -0.354. The molecule has 3 aromatic carbocycles. The first kappa shape index (κ1) is 21.5. The van der Waals surface area contributed by atoms with Crippen LogP contribution in [0, 0.1) is 26.6 Å². The third-order valence-electron chi connectivity index (χ3n) is 5.69. The first-order chi connectivity index (χ1) is 15.3. The molecule has 0 saturated heterocycles. The predicted molar refractivity (Wildman–Crippen MR) is 124 cm³/mol. The van der Waals surface area contributed by atoms with Crippen LogP contribution in [0.1, 0.15) is 27.8 Å². The fourth-order valence-corrected chi connectivity index (χ4v) is 3.86. The van der Waals surface area contributed by atoms with Gasteiger partial charge in [-0.1, -0.05) is 59.7 Å². The van der Waals surface area contributed by atoms with Gasteiger partial charge < -0.3 is 5.32 Å². The summed E-state index contributed by atoms with van der Waals surface area (Å²) in [5.41, 5.74) is 6.19. The molecule has 2 amide bonds. The third-order valence-corrected chi connectivity index (χ3v) is 5.69. The maximum Gasteiger partial charge on any atom is 0.278 e. The predicted octanol–water partition coefficient (Wildman–Crippen LogP) is 5.19. The normalized spacial score (nSPS) is 13.8. The smallest absolute Gasteiger partial charge is 0.278 e. The first-order valence-corrected chi connectivity index (χ1v) is 10.6. The molecule has 4 rings (SSSR count). The fourth-order valence-electron chi connectivity index (χ4n) is 3.86. The van der Waals surface area contributed by atoms with E-state index in [-0.39, 0.29) is 29.9 Å². The van der Waals surface area contributed by atoms with Gasteiger partial charge in [-0.2, -0.15) is 0 Å². The fraction of sp³-hybridized carbons (Fsp3) is 0.185. The van der Waals surface area contributed by atoms with Crippen molar-refractivity contribution in [1.82, 2.24) is 4.90 Å². The highest BCUT2D eigenvalue weighted by Gasteiger charge is 2.39. The van der Waals surface area contributed by atoms with Crippen molar-refractivity contribution in [2.24, 2.45) is 0 Å². The lowest BCUT2D eigenvalue weighted by Crippen LogP contribution is -2.34. The Balaban J connectivity index is 1.67. The van der Waals surface area contributed by atoms with Gasteiger partial charge in [-0.3, -0.25) is 14.5 Å². The summed E-state index contributed by atoms with van der Waals surface area (Å²) in [4.78, 5) is 28.0. The quantitative estimate of drug-likeness (QED) is 0.550. The number of amides is 2. The molecule has 0 bridgehead atoms. The number of nitrogens with one attached hydrogen (secondary N) is 1. The lowest BCUT2D eigenvalue weighted by Gasteiger charge is -2.16. The summed E-state index contributed by atoms with van der Waals surface area (Å²) in [5, 5.41) is 3.23.